The van der Waals surface area contributed by atoms with Crippen LogP contribution in [0.25, 0.3) is 0 Å². The highest BCUT2D eigenvalue weighted by Crippen LogP contribution is 2.26. The van der Waals surface area contributed by atoms with Crippen LogP contribution in [0.2, 0.25) is 0 Å². The summed E-state index contributed by atoms with van der Waals surface area (Å²) in [5.74, 6) is 0.930. The molecular formula is C14H22N2O2. The van der Waals surface area contributed by atoms with Crippen LogP contribution in [-0.4, -0.2) is 41.3 Å². The zero-order valence-electron chi connectivity index (χ0n) is 11.4. The molecule has 0 amide bonds. The highest BCUT2D eigenvalue weighted by Gasteiger charge is 2.25. The maximum atomic E-state index is 9.34. The number of aromatic nitrogens is 1. The molecule has 1 atom stereocenters. The van der Waals surface area contributed by atoms with E-state index in [1.807, 2.05) is 13.1 Å². The van der Waals surface area contributed by atoms with Gasteiger partial charge in [-0.25, -0.2) is 0 Å². The Balaban J connectivity index is 2.19. The first-order chi connectivity index (χ1) is 8.67. The Bertz CT molecular complexity index is 421. The molecule has 1 N–H and O–H groups in total. The molecule has 0 radical (unpaired) electrons. The Labute approximate surface area is 109 Å². The fourth-order valence-electron chi connectivity index (χ4n) is 2.73. The molecule has 1 fully saturated rings. The second-order valence-electron chi connectivity index (χ2n) is 5.00. The quantitative estimate of drug-likeness (QED) is 0.883. The number of pyridine rings is 1. The number of methoxy groups -OCH3 is 1. The van der Waals surface area contributed by atoms with Crippen LogP contribution >= 0.6 is 0 Å². The van der Waals surface area contributed by atoms with Gasteiger partial charge in [0.2, 0.25) is 0 Å². The standard InChI is InChI=1S/C14H22N2O2/c1-10-7-15-13(11(2)14(10)18-3)8-16-6-4-5-12(16)9-17/h7,12,17H,4-6,8-9H2,1-3H3. The van der Waals surface area contributed by atoms with Gasteiger partial charge in [0.15, 0.2) is 0 Å². The summed E-state index contributed by atoms with van der Waals surface area (Å²) in [6, 6.07) is 0.290. The number of ether oxygens (including phenoxy) is 1. The third kappa shape index (κ3) is 2.49. The summed E-state index contributed by atoms with van der Waals surface area (Å²) in [5.41, 5.74) is 3.23. The van der Waals surface area contributed by atoms with E-state index >= 15 is 0 Å². The third-order valence-corrected chi connectivity index (χ3v) is 3.81. The molecule has 1 aromatic rings. The van der Waals surface area contributed by atoms with E-state index < -0.39 is 0 Å². The Hall–Kier alpha value is -1.13. The van der Waals surface area contributed by atoms with Gasteiger partial charge in [-0.05, 0) is 33.2 Å². The lowest BCUT2D eigenvalue weighted by Crippen LogP contribution is -2.32. The van der Waals surface area contributed by atoms with Crippen molar-refractivity contribution < 1.29 is 9.84 Å². The number of aliphatic hydroxyl groups excluding tert-OH is 1. The molecule has 1 aromatic heterocycles. The first-order valence-electron chi connectivity index (χ1n) is 6.51. The lowest BCUT2D eigenvalue weighted by atomic mass is 10.1. The average Bonchev–Trinajstić information content (AvgIpc) is 2.81. The molecule has 0 spiro atoms. The van der Waals surface area contributed by atoms with Gasteiger partial charge in [-0.1, -0.05) is 0 Å². The minimum atomic E-state index is 0.238. The van der Waals surface area contributed by atoms with E-state index in [9.17, 15) is 5.11 Å². The lowest BCUT2D eigenvalue weighted by molar-refractivity contribution is 0.152. The molecule has 1 aliphatic heterocycles. The number of likely N-dealkylation sites (tertiary alicyclic amines) is 1. The predicted octanol–water partition coefficient (Wildman–Crippen LogP) is 1.66. The lowest BCUT2D eigenvalue weighted by Gasteiger charge is -2.23. The summed E-state index contributed by atoms with van der Waals surface area (Å²) in [6.07, 6.45) is 4.11. The Morgan fingerprint density at radius 1 is 1.50 bits per heavy atom. The van der Waals surface area contributed by atoms with Crippen molar-refractivity contribution in [3.05, 3.63) is 23.0 Å². The molecule has 0 bridgehead atoms. The van der Waals surface area contributed by atoms with E-state index in [-0.39, 0.29) is 6.61 Å². The van der Waals surface area contributed by atoms with E-state index in [2.05, 4.69) is 16.8 Å². The van der Waals surface area contributed by atoms with Crippen LogP contribution in [0.15, 0.2) is 6.20 Å². The molecule has 18 heavy (non-hydrogen) atoms. The van der Waals surface area contributed by atoms with Crippen molar-refractivity contribution >= 4 is 0 Å². The van der Waals surface area contributed by atoms with Crippen molar-refractivity contribution in [1.82, 2.24) is 9.88 Å². The second-order valence-corrected chi connectivity index (χ2v) is 5.00. The zero-order chi connectivity index (χ0) is 13.1. The van der Waals surface area contributed by atoms with Crippen molar-refractivity contribution in [2.24, 2.45) is 0 Å². The summed E-state index contributed by atoms with van der Waals surface area (Å²) in [6.45, 7) is 6.14. The maximum Gasteiger partial charge on any atom is 0.128 e. The van der Waals surface area contributed by atoms with Gasteiger partial charge in [-0.3, -0.25) is 9.88 Å². The van der Waals surface area contributed by atoms with E-state index in [4.69, 9.17) is 4.74 Å². The maximum absolute atomic E-state index is 9.34. The van der Waals surface area contributed by atoms with Crippen LogP contribution in [0.5, 0.6) is 5.75 Å². The molecule has 1 saturated heterocycles. The van der Waals surface area contributed by atoms with Gasteiger partial charge in [0.25, 0.3) is 0 Å². The summed E-state index contributed by atoms with van der Waals surface area (Å²) in [7, 11) is 1.70. The van der Waals surface area contributed by atoms with E-state index in [0.29, 0.717) is 6.04 Å². The van der Waals surface area contributed by atoms with Gasteiger partial charge < -0.3 is 9.84 Å². The molecular weight excluding hydrogens is 228 g/mol. The minimum absolute atomic E-state index is 0.238. The molecule has 1 aliphatic rings. The number of aliphatic hydroxyl groups is 1. The molecule has 100 valence electrons. The van der Waals surface area contributed by atoms with Gasteiger partial charge in [0.05, 0.1) is 19.4 Å². The number of rotatable bonds is 4. The largest absolute Gasteiger partial charge is 0.496 e. The van der Waals surface area contributed by atoms with E-state index in [1.165, 1.54) is 0 Å². The third-order valence-electron chi connectivity index (χ3n) is 3.81. The highest BCUT2D eigenvalue weighted by molar-refractivity contribution is 5.41. The first kappa shape index (κ1) is 13.3. The van der Waals surface area contributed by atoms with Gasteiger partial charge in [-0.15, -0.1) is 0 Å². The van der Waals surface area contributed by atoms with Crippen LogP contribution in [0.3, 0.4) is 0 Å². The molecule has 2 heterocycles. The average molecular weight is 250 g/mol. The summed E-state index contributed by atoms with van der Waals surface area (Å²) in [4.78, 5) is 6.82. The molecule has 0 aliphatic carbocycles. The van der Waals surface area contributed by atoms with Crippen LogP contribution in [0.4, 0.5) is 0 Å². The van der Waals surface area contributed by atoms with Gasteiger partial charge in [0, 0.05) is 29.9 Å². The number of hydrogen-bond acceptors (Lipinski definition) is 4. The Morgan fingerprint density at radius 3 is 2.94 bits per heavy atom. The molecule has 1 unspecified atom stereocenters. The Morgan fingerprint density at radius 2 is 2.28 bits per heavy atom. The minimum Gasteiger partial charge on any atom is -0.496 e. The van der Waals surface area contributed by atoms with E-state index in [1.54, 1.807) is 7.11 Å². The normalized spacial score (nSPS) is 20.3. The predicted molar refractivity (Wildman–Crippen MR) is 70.8 cm³/mol. The first-order valence-corrected chi connectivity index (χ1v) is 6.51. The molecule has 4 heteroatoms. The topological polar surface area (TPSA) is 45.6 Å². The summed E-state index contributed by atoms with van der Waals surface area (Å²) >= 11 is 0. The van der Waals surface area contributed by atoms with Gasteiger partial charge in [0.1, 0.15) is 5.75 Å². The van der Waals surface area contributed by atoms with Crippen LogP contribution in [0, 0.1) is 13.8 Å². The van der Waals surface area contributed by atoms with Crippen molar-refractivity contribution in [3.8, 4) is 5.75 Å². The molecule has 0 aromatic carbocycles. The van der Waals surface area contributed by atoms with Crippen LogP contribution in [-0.2, 0) is 6.54 Å². The van der Waals surface area contributed by atoms with Crippen LogP contribution < -0.4 is 4.74 Å². The van der Waals surface area contributed by atoms with Crippen molar-refractivity contribution in [2.45, 2.75) is 39.3 Å². The summed E-state index contributed by atoms with van der Waals surface area (Å²) in [5, 5.41) is 9.34. The van der Waals surface area contributed by atoms with Crippen molar-refractivity contribution in [2.75, 3.05) is 20.3 Å². The zero-order valence-corrected chi connectivity index (χ0v) is 11.4. The van der Waals surface area contributed by atoms with Crippen LogP contribution in [0.1, 0.15) is 29.7 Å². The van der Waals surface area contributed by atoms with Gasteiger partial charge in [-0.2, -0.15) is 0 Å². The van der Waals surface area contributed by atoms with Gasteiger partial charge >= 0.3 is 0 Å². The number of nitrogens with zero attached hydrogens (tertiary/aromatic N) is 2. The summed E-state index contributed by atoms with van der Waals surface area (Å²) < 4.78 is 5.43. The molecule has 2 rings (SSSR count). The SMILES string of the molecule is COc1c(C)cnc(CN2CCCC2CO)c1C. The molecule has 0 saturated carbocycles. The number of aryl methyl sites for hydroxylation is 1. The highest BCUT2D eigenvalue weighted by atomic mass is 16.5. The molecule has 4 nitrogen and oxygen atoms in total. The fourth-order valence-corrected chi connectivity index (χ4v) is 2.73. The number of hydrogen-bond donors (Lipinski definition) is 1. The second kappa shape index (κ2) is 5.67. The van der Waals surface area contributed by atoms with Crippen molar-refractivity contribution in [3.63, 3.8) is 0 Å². The van der Waals surface area contributed by atoms with E-state index in [0.717, 1.165) is 48.5 Å². The fraction of sp³-hybridized carbons (Fsp3) is 0.643. The van der Waals surface area contributed by atoms with Crippen molar-refractivity contribution in [1.29, 1.82) is 0 Å². The Kier molecular flexibility index (Phi) is 4.19. The smallest absolute Gasteiger partial charge is 0.128 e. The monoisotopic (exact) mass is 250 g/mol.